The van der Waals surface area contributed by atoms with Crippen LogP contribution in [0.4, 0.5) is 5.69 Å². The molecule has 1 saturated heterocycles. The van der Waals surface area contributed by atoms with E-state index in [9.17, 15) is 4.79 Å². The van der Waals surface area contributed by atoms with Gasteiger partial charge in [0.1, 0.15) is 0 Å². The van der Waals surface area contributed by atoms with Gasteiger partial charge in [-0.15, -0.1) is 11.3 Å². The number of hydrogen-bond donors (Lipinski definition) is 0. The Morgan fingerprint density at radius 2 is 1.90 bits per heavy atom. The van der Waals surface area contributed by atoms with Gasteiger partial charge in [0.2, 0.25) is 0 Å². The van der Waals surface area contributed by atoms with Crippen molar-refractivity contribution in [2.45, 2.75) is 13.8 Å². The lowest BCUT2D eigenvalue weighted by Gasteiger charge is -2.16. The number of aryl methyl sites for hydroxylation is 2. The van der Waals surface area contributed by atoms with Crippen molar-refractivity contribution in [2.75, 3.05) is 4.90 Å². The molecule has 106 valence electrons. The zero-order chi connectivity index (χ0) is 15.0. The smallest absolute Gasteiger partial charge is 0.268 e. The fourth-order valence-corrected chi connectivity index (χ4v) is 4.29. The zero-order valence-electron chi connectivity index (χ0n) is 11.6. The zero-order valence-corrected chi connectivity index (χ0v) is 14.1. The Labute approximate surface area is 137 Å². The molecule has 0 spiro atoms. The first-order valence-corrected chi connectivity index (χ1v) is 8.55. The minimum absolute atomic E-state index is 0.0385. The molecule has 1 aromatic heterocycles. The van der Waals surface area contributed by atoms with Gasteiger partial charge in [-0.2, -0.15) is 0 Å². The second-order valence-corrected chi connectivity index (χ2v) is 7.53. The highest BCUT2D eigenvalue weighted by atomic mass is 32.2. The Balaban J connectivity index is 1.97. The van der Waals surface area contributed by atoms with Gasteiger partial charge >= 0.3 is 0 Å². The number of anilines is 1. The van der Waals surface area contributed by atoms with Gasteiger partial charge in [0.15, 0.2) is 4.32 Å². The number of thioether (sulfide) groups is 1. The van der Waals surface area contributed by atoms with E-state index >= 15 is 0 Å². The third kappa shape index (κ3) is 2.95. The summed E-state index contributed by atoms with van der Waals surface area (Å²) < 4.78 is 0.591. The summed E-state index contributed by atoms with van der Waals surface area (Å²) in [6, 6.07) is 10.0. The first-order chi connectivity index (χ1) is 10.0. The highest BCUT2D eigenvalue weighted by Gasteiger charge is 2.33. The van der Waals surface area contributed by atoms with Gasteiger partial charge in [0.25, 0.3) is 5.91 Å². The largest absolute Gasteiger partial charge is 0.270 e. The van der Waals surface area contributed by atoms with Gasteiger partial charge in [-0.25, -0.2) is 0 Å². The maximum Gasteiger partial charge on any atom is 0.270 e. The normalized spacial score (nSPS) is 17.0. The Morgan fingerprint density at radius 3 is 2.52 bits per heavy atom. The first kappa shape index (κ1) is 14.5. The molecule has 1 fully saturated rings. The van der Waals surface area contributed by atoms with Crippen LogP contribution in [0.15, 0.2) is 40.6 Å². The molecule has 21 heavy (non-hydrogen) atoms. The van der Waals surface area contributed by atoms with Gasteiger partial charge in [-0.05, 0) is 54.6 Å². The third-order valence-electron chi connectivity index (χ3n) is 3.07. The molecular formula is C16H13NOS3. The number of carbonyl (C=O) groups excluding carboxylic acids is 1. The molecule has 0 bridgehead atoms. The van der Waals surface area contributed by atoms with Crippen molar-refractivity contribution in [3.8, 4) is 0 Å². The number of nitrogens with zero attached hydrogens (tertiary/aromatic N) is 1. The maximum atomic E-state index is 12.6. The number of rotatable bonds is 2. The number of carbonyl (C=O) groups is 1. The van der Waals surface area contributed by atoms with E-state index in [-0.39, 0.29) is 5.91 Å². The van der Waals surface area contributed by atoms with E-state index in [1.54, 1.807) is 16.2 Å². The summed E-state index contributed by atoms with van der Waals surface area (Å²) in [4.78, 5) is 16.0. The molecule has 0 unspecified atom stereocenters. The van der Waals surface area contributed by atoms with Gasteiger partial charge < -0.3 is 0 Å². The molecular weight excluding hydrogens is 318 g/mol. The molecule has 1 aliphatic rings. The predicted octanol–water partition coefficient (Wildman–Crippen LogP) is 4.77. The third-order valence-corrected chi connectivity index (χ3v) is 5.20. The summed E-state index contributed by atoms with van der Waals surface area (Å²) >= 11 is 8.36. The molecule has 0 radical (unpaired) electrons. The first-order valence-electron chi connectivity index (χ1n) is 6.44. The van der Waals surface area contributed by atoms with Crippen molar-refractivity contribution < 1.29 is 4.79 Å². The van der Waals surface area contributed by atoms with E-state index in [0.29, 0.717) is 9.23 Å². The van der Waals surface area contributed by atoms with Crippen LogP contribution < -0.4 is 4.90 Å². The fourth-order valence-electron chi connectivity index (χ4n) is 2.27. The van der Waals surface area contributed by atoms with Gasteiger partial charge in [-0.3, -0.25) is 9.69 Å². The SMILES string of the molecule is Cc1cc(C)cc(N2C(=O)/C(=C\c3cccs3)SC2=S)c1. The lowest BCUT2D eigenvalue weighted by molar-refractivity contribution is -0.113. The molecule has 2 heterocycles. The summed E-state index contributed by atoms with van der Waals surface area (Å²) in [7, 11) is 0. The quantitative estimate of drug-likeness (QED) is 0.584. The van der Waals surface area contributed by atoms with Gasteiger partial charge in [0, 0.05) is 4.88 Å². The molecule has 0 atom stereocenters. The number of benzene rings is 1. The minimum atomic E-state index is -0.0385. The van der Waals surface area contributed by atoms with Crippen LogP contribution in [0.5, 0.6) is 0 Å². The summed E-state index contributed by atoms with van der Waals surface area (Å²) in [6.07, 6.45) is 1.91. The fraction of sp³-hybridized carbons (Fsp3) is 0.125. The number of amides is 1. The minimum Gasteiger partial charge on any atom is -0.268 e. The molecule has 2 aromatic rings. The van der Waals surface area contributed by atoms with Crippen molar-refractivity contribution >= 4 is 57.3 Å². The molecule has 5 heteroatoms. The molecule has 0 aliphatic carbocycles. The summed E-state index contributed by atoms with van der Waals surface area (Å²) in [6.45, 7) is 4.05. The number of hydrogen-bond acceptors (Lipinski definition) is 4. The Morgan fingerprint density at radius 1 is 1.19 bits per heavy atom. The molecule has 1 aromatic carbocycles. The molecule has 0 N–H and O–H groups in total. The van der Waals surface area contributed by atoms with Gasteiger partial charge in [0.05, 0.1) is 10.6 Å². The lowest BCUT2D eigenvalue weighted by Crippen LogP contribution is -2.27. The van der Waals surface area contributed by atoms with Crippen molar-refractivity contribution in [2.24, 2.45) is 0 Å². The Hall–Kier alpha value is -1.43. The van der Waals surface area contributed by atoms with E-state index in [2.05, 4.69) is 6.07 Å². The van der Waals surface area contributed by atoms with Crippen LogP contribution in [-0.4, -0.2) is 10.2 Å². The molecule has 1 amide bonds. The molecule has 1 aliphatic heterocycles. The van der Waals surface area contributed by atoms with Crippen LogP contribution in [0.2, 0.25) is 0 Å². The van der Waals surface area contributed by atoms with Crippen molar-refractivity contribution in [3.05, 3.63) is 56.6 Å². The standard InChI is InChI=1S/C16H13NOS3/c1-10-6-11(2)8-12(7-10)17-15(18)14(21-16(17)19)9-13-4-3-5-20-13/h3-9H,1-2H3/b14-9+. The van der Waals surface area contributed by atoms with Crippen LogP contribution in [0.1, 0.15) is 16.0 Å². The second kappa shape index (κ2) is 5.75. The highest BCUT2D eigenvalue weighted by Crippen LogP contribution is 2.37. The van der Waals surface area contributed by atoms with Crippen LogP contribution >= 0.6 is 35.3 Å². The summed E-state index contributed by atoms with van der Waals surface area (Å²) in [5.74, 6) is -0.0385. The van der Waals surface area contributed by atoms with E-state index in [1.807, 2.05) is 49.6 Å². The average molecular weight is 331 g/mol. The Bertz CT molecular complexity index is 727. The van der Waals surface area contributed by atoms with Crippen molar-refractivity contribution in [1.29, 1.82) is 0 Å². The van der Waals surface area contributed by atoms with Crippen LogP contribution in [0, 0.1) is 13.8 Å². The van der Waals surface area contributed by atoms with Crippen LogP contribution in [0.3, 0.4) is 0 Å². The second-order valence-electron chi connectivity index (χ2n) is 4.88. The monoisotopic (exact) mass is 331 g/mol. The number of thiophene rings is 1. The molecule has 3 rings (SSSR count). The summed E-state index contributed by atoms with van der Waals surface area (Å²) in [5, 5.41) is 2.00. The van der Waals surface area contributed by atoms with E-state index in [4.69, 9.17) is 12.2 Å². The average Bonchev–Trinajstić information content (AvgIpc) is 2.98. The van der Waals surface area contributed by atoms with E-state index in [0.717, 1.165) is 21.7 Å². The lowest BCUT2D eigenvalue weighted by atomic mass is 10.1. The summed E-state index contributed by atoms with van der Waals surface area (Å²) in [5.41, 5.74) is 3.10. The molecule has 0 saturated carbocycles. The number of thiocarbonyl (C=S) groups is 1. The Kier molecular flexibility index (Phi) is 3.97. The predicted molar refractivity (Wildman–Crippen MR) is 95.9 cm³/mol. The maximum absolute atomic E-state index is 12.6. The van der Waals surface area contributed by atoms with Crippen molar-refractivity contribution in [3.63, 3.8) is 0 Å². The van der Waals surface area contributed by atoms with Crippen LogP contribution in [-0.2, 0) is 4.79 Å². The van der Waals surface area contributed by atoms with Gasteiger partial charge in [-0.1, -0.05) is 36.1 Å². The topological polar surface area (TPSA) is 20.3 Å². The van der Waals surface area contributed by atoms with Crippen molar-refractivity contribution in [1.82, 2.24) is 0 Å². The highest BCUT2D eigenvalue weighted by molar-refractivity contribution is 8.27. The van der Waals surface area contributed by atoms with E-state index < -0.39 is 0 Å². The molecule has 2 nitrogen and oxygen atoms in total. The van der Waals surface area contributed by atoms with E-state index in [1.165, 1.54) is 11.8 Å². The van der Waals surface area contributed by atoms with Crippen LogP contribution in [0.25, 0.3) is 6.08 Å².